The number of halogens is 1. The molecular weight excluding hydrogens is 326 g/mol. The van der Waals surface area contributed by atoms with Crippen molar-refractivity contribution >= 4 is 21.6 Å². The van der Waals surface area contributed by atoms with E-state index in [4.69, 9.17) is 5.73 Å². The molecule has 2 rings (SSSR count). The van der Waals surface area contributed by atoms with E-state index >= 15 is 0 Å². The molecule has 1 aromatic carbocycles. The molecular formula is C17H22BrN3. The maximum absolute atomic E-state index is 5.96. The molecule has 0 bridgehead atoms. The fourth-order valence-electron chi connectivity index (χ4n) is 2.38. The Morgan fingerprint density at radius 2 is 1.95 bits per heavy atom. The molecule has 0 aliphatic rings. The van der Waals surface area contributed by atoms with Crippen molar-refractivity contribution in [2.45, 2.75) is 25.8 Å². The van der Waals surface area contributed by atoms with Gasteiger partial charge in [0.1, 0.15) is 0 Å². The number of pyridine rings is 1. The van der Waals surface area contributed by atoms with E-state index in [-0.39, 0.29) is 6.04 Å². The third-order valence-electron chi connectivity index (χ3n) is 3.49. The largest absolute Gasteiger partial charge is 0.374 e. The first-order valence-corrected chi connectivity index (χ1v) is 7.99. The minimum absolute atomic E-state index is 0.165. The van der Waals surface area contributed by atoms with Gasteiger partial charge in [0, 0.05) is 42.2 Å². The Bertz CT molecular complexity index is 570. The van der Waals surface area contributed by atoms with Crippen LogP contribution in [0.1, 0.15) is 18.1 Å². The van der Waals surface area contributed by atoms with Crippen LogP contribution in [0.25, 0.3) is 0 Å². The first-order valence-electron chi connectivity index (χ1n) is 7.20. The lowest BCUT2D eigenvalue weighted by molar-refractivity contribution is 0.733. The molecule has 112 valence electrons. The zero-order valence-corrected chi connectivity index (χ0v) is 14.2. The number of hydrogen-bond acceptors (Lipinski definition) is 3. The molecule has 1 heterocycles. The number of rotatable bonds is 6. The molecule has 0 saturated heterocycles. The number of likely N-dealkylation sites (N-methyl/N-ethyl adjacent to an activating group) is 1. The number of benzene rings is 1. The highest BCUT2D eigenvalue weighted by atomic mass is 79.9. The molecule has 0 fully saturated rings. The van der Waals surface area contributed by atoms with Gasteiger partial charge in [0.05, 0.1) is 0 Å². The summed E-state index contributed by atoms with van der Waals surface area (Å²) >= 11 is 3.56. The molecule has 0 saturated carbocycles. The molecule has 0 aliphatic carbocycles. The number of nitrogens with two attached hydrogens (primary N) is 1. The smallest absolute Gasteiger partial charge is 0.0408 e. The molecule has 4 heteroatoms. The van der Waals surface area contributed by atoms with E-state index in [1.54, 1.807) is 0 Å². The van der Waals surface area contributed by atoms with Crippen LogP contribution >= 0.6 is 15.9 Å². The predicted molar refractivity (Wildman–Crippen MR) is 92.7 cm³/mol. The summed E-state index contributed by atoms with van der Waals surface area (Å²) in [5.41, 5.74) is 9.81. The fourth-order valence-corrected chi connectivity index (χ4v) is 2.73. The average molecular weight is 348 g/mol. The summed E-state index contributed by atoms with van der Waals surface area (Å²) in [6, 6.07) is 10.7. The normalized spacial score (nSPS) is 12.2. The fraction of sp³-hybridized carbons (Fsp3) is 0.353. The lowest BCUT2D eigenvalue weighted by Crippen LogP contribution is -2.24. The first kappa shape index (κ1) is 16.0. The summed E-state index contributed by atoms with van der Waals surface area (Å²) in [5.74, 6) is 0. The average Bonchev–Trinajstić information content (AvgIpc) is 2.47. The highest BCUT2D eigenvalue weighted by Gasteiger charge is 2.10. The Morgan fingerprint density at radius 3 is 2.62 bits per heavy atom. The van der Waals surface area contributed by atoms with Crippen molar-refractivity contribution in [3.05, 3.63) is 58.3 Å². The summed E-state index contributed by atoms with van der Waals surface area (Å²) in [4.78, 5) is 6.35. The molecule has 0 spiro atoms. The van der Waals surface area contributed by atoms with Crippen LogP contribution in [-0.2, 0) is 12.8 Å². The van der Waals surface area contributed by atoms with Crippen molar-refractivity contribution in [3.63, 3.8) is 0 Å². The Labute approximate surface area is 135 Å². The predicted octanol–water partition coefficient (Wildman–Crippen LogP) is 3.41. The molecule has 1 unspecified atom stereocenters. The molecule has 0 radical (unpaired) electrons. The maximum atomic E-state index is 5.96. The Kier molecular flexibility index (Phi) is 5.76. The van der Waals surface area contributed by atoms with E-state index in [1.165, 1.54) is 16.8 Å². The summed E-state index contributed by atoms with van der Waals surface area (Å²) in [6.07, 6.45) is 5.58. The Balaban J connectivity index is 2.10. The molecule has 3 nitrogen and oxygen atoms in total. The topological polar surface area (TPSA) is 42.1 Å². The van der Waals surface area contributed by atoms with Crippen LogP contribution in [-0.4, -0.2) is 24.6 Å². The van der Waals surface area contributed by atoms with Crippen molar-refractivity contribution in [3.8, 4) is 0 Å². The number of anilines is 1. The van der Waals surface area contributed by atoms with Gasteiger partial charge >= 0.3 is 0 Å². The summed E-state index contributed by atoms with van der Waals surface area (Å²) in [6.45, 7) is 3.01. The second kappa shape index (κ2) is 7.57. The highest BCUT2D eigenvalue weighted by Crippen LogP contribution is 2.25. The van der Waals surface area contributed by atoms with Crippen molar-refractivity contribution in [1.29, 1.82) is 0 Å². The summed E-state index contributed by atoms with van der Waals surface area (Å²) in [7, 11) is 2.13. The van der Waals surface area contributed by atoms with Crippen LogP contribution < -0.4 is 10.6 Å². The van der Waals surface area contributed by atoms with Gasteiger partial charge in [-0.2, -0.15) is 0 Å². The lowest BCUT2D eigenvalue weighted by atomic mass is 10.0. The highest BCUT2D eigenvalue weighted by molar-refractivity contribution is 9.10. The van der Waals surface area contributed by atoms with Crippen molar-refractivity contribution in [2.24, 2.45) is 5.73 Å². The SMILES string of the molecule is CC(N)Cc1ccc(Br)cc1N(C)CCc1ccncc1. The molecule has 0 aliphatic heterocycles. The van der Waals surface area contributed by atoms with E-state index in [1.807, 2.05) is 19.3 Å². The van der Waals surface area contributed by atoms with Gasteiger partial charge in [-0.3, -0.25) is 4.98 Å². The molecule has 1 aromatic heterocycles. The van der Waals surface area contributed by atoms with E-state index in [9.17, 15) is 0 Å². The third kappa shape index (κ3) is 4.83. The zero-order chi connectivity index (χ0) is 15.2. The van der Waals surface area contributed by atoms with E-state index in [0.29, 0.717) is 0 Å². The first-order chi connectivity index (χ1) is 10.1. The van der Waals surface area contributed by atoms with Gasteiger partial charge in [0.2, 0.25) is 0 Å². The maximum Gasteiger partial charge on any atom is 0.0408 e. The lowest BCUT2D eigenvalue weighted by Gasteiger charge is -2.23. The van der Waals surface area contributed by atoms with Crippen LogP contribution in [0.15, 0.2) is 47.2 Å². The quantitative estimate of drug-likeness (QED) is 0.870. The molecule has 1 atom stereocenters. The van der Waals surface area contributed by atoms with Gasteiger partial charge in [-0.1, -0.05) is 22.0 Å². The minimum Gasteiger partial charge on any atom is -0.374 e. The van der Waals surface area contributed by atoms with Crippen LogP contribution in [0.3, 0.4) is 0 Å². The summed E-state index contributed by atoms with van der Waals surface area (Å²) < 4.78 is 1.10. The monoisotopic (exact) mass is 347 g/mol. The van der Waals surface area contributed by atoms with E-state index in [0.717, 1.165) is 23.9 Å². The van der Waals surface area contributed by atoms with E-state index in [2.05, 4.69) is 63.2 Å². The molecule has 2 aromatic rings. The minimum atomic E-state index is 0.165. The third-order valence-corrected chi connectivity index (χ3v) is 3.98. The zero-order valence-electron chi connectivity index (χ0n) is 12.6. The van der Waals surface area contributed by atoms with Crippen LogP contribution in [0.4, 0.5) is 5.69 Å². The van der Waals surface area contributed by atoms with Crippen molar-refractivity contribution < 1.29 is 0 Å². The van der Waals surface area contributed by atoms with Gasteiger partial charge in [-0.15, -0.1) is 0 Å². The van der Waals surface area contributed by atoms with Gasteiger partial charge in [0.25, 0.3) is 0 Å². The summed E-state index contributed by atoms with van der Waals surface area (Å²) in [5, 5.41) is 0. The molecule has 2 N–H and O–H groups in total. The van der Waals surface area contributed by atoms with Gasteiger partial charge in [0.15, 0.2) is 0 Å². The Morgan fingerprint density at radius 1 is 1.24 bits per heavy atom. The standard InChI is InChI=1S/C17H22BrN3/c1-13(19)11-15-3-4-16(18)12-17(15)21(2)10-7-14-5-8-20-9-6-14/h3-6,8-9,12-13H,7,10-11,19H2,1-2H3. The van der Waals surface area contributed by atoms with Crippen molar-refractivity contribution in [2.75, 3.05) is 18.5 Å². The Hall–Kier alpha value is -1.39. The van der Waals surface area contributed by atoms with Gasteiger partial charge < -0.3 is 10.6 Å². The van der Waals surface area contributed by atoms with Crippen LogP contribution in [0.2, 0.25) is 0 Å². The van der Waals surface area contributed by atoms with Crippen LogP contribution in [0.5, 0.6) is 0 Å². The number of hydrogen-bond donors (Lipinski definition) is 1. The van der Waals surface area contributed by atoms with E-state index < -0.39 is 0 Å². The number of nitrogens with zero attached hydrogens (tertiary/aromatic N) is 2. The second-order valence-corrected chi connectivity index (χ2v) is 6.40. The molecule has 21 heavy (non-hydrogen) atoms. The van der Waals surface area contributed by atoms with Crippen molar-refractivity contribution in [1.82, 2.24) is 4.98 Å². The van der Waals surface area contributed by atoms with Gasteiger partial charge in [-0.25, -0.2) is 0 Å². The van der Waals surface area contributed by atoms with Gasteiger partial charge in [-0.05, 0) is 55.2 Å². The molecule has 0 amide bonds. The van der Waals surface area contributed by atoms with Crippen LogP contribution in [0, 0.1) is 0 Å². The second-order valence-electron chi connectivity index (χ2n) is 5.48. The number of aromatic nitrogens is 1.